The Labute approximate surface area is 299 Å². The predicted molar refractivity (Wildman–Crippen MR) is 194 cm³/mol. The van der Waals surface area contributed by atoms with Crippen LogP contribution in [0.15, 0.2) is 40.9 Å². The summed E-state index contributed by atoms with van der Waals surface area (Å²) in [6.45, 7) is 17.7. The second kappa shape index (κ2) is 19.4. The third-order valence-electron chi connectivity index (χ3n) is 6.75. The van der Waals surface area contributed by atoms with Gasteiger partial charge in [0.15, 0.2) is 0 Å². The first-order chi connectivity index (χ1) is 22.0. The molecule has 2 aromatic carbocycles. The van der Waals surface area contributed by atoms with Gasteiger partial charge in [0, 0.05) is 62.0 Å². The molecule has 47 heavy (non-hydrogen) atoms. The number of methoxy groups -OCH3 is 2. The minimum Gasteiger partial charge on any atom is -0.495 e. The number of rotatable bonds is 3. The first kappa shape index (κ1) is 40.6. The highest BCUT2D eigenvalue weighted by Crippen LogP contribution is 2.30. The minimum absolute atomic E-state index is 0.193. The van der Waals surface area contributed by atoms with Crippen LogP contribution in [0, 0.1) is 0 Å². The lowest BCUT2D eigenvalue weighted by atomic mass is 10.2. The third kappa shape index (κ3) is 15.4. The molecule has 2 aromatic rings. The van der Waals surface area contributed by atoms with Gasteiger partial charge in [0.05, 0.1) is 24.3 Å². The van der Waals surface area contributed by atoms with Gasteiger partial charge in [-0.1, -0.05) is 39.1 Å². The van der Waals surface area contributed by atoms with Crippen molar-refractivity contribution in [1.82, 2.24) is 15.1 Å². The number of hydrogen-bond acceptors (Lipinski definition) is 8. The fourth-order valence-corrected chi connectivity index (χ4v) is 5.25. The van der Waals surface area contributed by atoms with E-state index in [4.69, 9.17) is 42.1 Å². The summed E-state index contributed by atoms with van der Waals surface area (Å²) in [6.07, 6.45) is 1.46. The second-order valence-electron chi connectivity index (χ2n) is 13.0. The summed E-state index contributed by atoms with van der Waals surface area (Å²) in [4.78, 5) is 29.6. The van der Waals surface area contributed by atoms with E-state index in [9.17, 15) is 9.59 Å². The average molecular weight is 763 g/mol. The average Bonchev–Trinajstić information content (AvgIpc) is 3.42. The Morgan fingerprint density at radius 3 is 1.79 bits per heavy atom. The molecule has 0 atom stereocenters. The molecule has 10 nitrogen and oxygen atoms in total. The van der Waals surface area contributed by atoms with Crippen LogP contribution in [0.1, 0.15) is 54.4 Å². The maximum atomic E-state index is 12.2. The Hall–Kier alpha value is -2.60. The van der Waals surface area contributed by atoms with Gasteiger partial charge in [-0.15, -0.1) is 0 Å². The van der Waals surface area contributed by atoms with Crippen molar-refractivity contribution >= 4 is 57.0 Å². The third-order valence-corrected chi connectivity index (χ3v) is 7.87. The lowest BCUT2D eigenvalue weighted by Gasteiger charge is -2.27. The SMILES string of the molecule is CC(C)(C)OC(=O)N1CCCNCC1.COc1cc(Br)ccc1Cl.COc1cc(N2CCCN(C(=O)OC(C)(C)C)CC2)ccc1Cl. The number of carbonyl (C=O) groups is 2. The summed E-state index contributed by atoms with van der Waals surface area (Å²) < 4.78 is 22.0. The molecule has 0 bridgehead atoms. The van der Waals surface area contributed by atoms with E-state index >= 15 is 0 Å². The number of nitrogens with zero attached hydrogens (tertiary/aromatic N) is 3. The number of carbonyl (C=O) groups excluding carboxylic acids is 2. The van der Waals surface area contributed by atoms with Crippen LogP contribution < -0.4 is 19.7 Å². The smallest absolute Gasteiger partial charge is 0.410 e. The molecular formula is C34H51BrCl2N4O6. The number of nitrogens with one attached hydrogen (secondary N) is 1. The number of halogens is 3. The molecule has 2 heterocycles. The Morgan fingerprint density at radius 2 is 1.23 bits per heavy atom. The molecule has 2 saturated heterocycles. The molecule has 1 N–H and O–H groups in total. The van der Waals surface area contributed by atoms with Gasteiger partial charge in [0.25, 0.3) is 0 Å². The fraction of sp³-hybridized carbons (Fsp3) is 0.588. The number of amides is 2. The van der Waals surface area contributed by atoms with Crippen molar-refractivity contribution in [2.45, 2.75) is 65.6 Å². The number of hydrogen-bond donors (Lipinski definition) is 1. The van der Waals surface area contributed by atoms with E-state index in [-0.39, 0.29) is 12.2 Å². The predicted octanol–water partition coefficient (Wildman–Crippen LogP) is 8.12. The van der Waals surface area contributed by atoms with E-state index in [0.717, 1.165) is 62.3 Å². The van der Waals surface area contributed by atoms with Crippen LogP contribution in [0.2, 0.25) is 10.0 Å². The largest absolute Gasteiger partial charge is 0.495 e. The van der Waals surface area contributed by atoms with Crippen LogP contribution in [0.25, 0.3) is 0 Å². The van der Waals surface area contributed by atoms with Crippen molar-refractivity contribution in [2.75, 3.05) is 71.5 Å². The zero-order chi connectivity index (χ0) is 35.2. The lowest BCUT2D eigenvalue weighted by Crippen LogP contribution is -2.39. The maximum Gasteiger partial charge on any atom is 0.410 e. The van der Waals surface area contributed by atoms with E-state index in [2.05, 4.69) is 26.1 Å². The van der Waals surface area contributed by atoms with Gasteiger partial charge in [0.1, 0.15) is 22.7 Å². The van der Waals surface area contributed by atoms with Crippen molar-refractivity contribution in [3.63, 3.8) is 0 Å². The molecule has 2 aliphatic heterocycles. The fourth-order valence-electron chi connectivity index (χ4n) is 4.52. The van der Waals surface area contributed by atoms with Crippen LogP contribution >= 0.6 is 39.1 Å². The lowest BCUT2D eigenvalue weighted by molar-refractivity contribution is 0.0252. The zero-order valence-corrected chi connectivity index (χ0v) is 32.1. The molecule has 0 aromatic heterocycles. The molecule has 0 saturated carbocycles. The molecule has 13 heteroatoms. The van der Waals surface area contributed by atoms with E-state index in [1.54, 1.807) is 30.1 Å². The second-order valence-corrected chi connectivity index (χ2v) is 14.7. The quantitative estimate of drug-likeness (QED) is 0.336. The summed E-state index contributed by atoms with van der Waals surface area (Å²) in [7, 11) is 3.20. The van der Waals surface area contributed by atoms with Crippen LogP contribution in [-0.4, -0.2) is 99.8 Å². The first-order valence-electron chi connectivity index (χ1n) is 15.8. The Bertz CT molecular complexity index is 1280. The standard InChI is InChI=1S/C17H25ClN2O3.C10H20N2O2.C7H6BrClO/c1-17(2,3)23-16(21)20-9-5-8-19(10-11-20)13-6-7-14(18)15(12-13)22-4;1-10(2,3)14-9(13)12-7-4-5-11-6-8-12;1-10-7-4-5(8)2-3-6(7)9/h6-7,12H,5,8-11H2,1-4H3;11H,4-8H2,1-3H3;2-4H,1H3. The Morgan fingerprint density at radius 1 is 0.702 bits per heavy atom. The summed E-state index contributed by atoms with van der Waals surface area (Å²) in [5.41, 5.74) is 0.195. The molecule has 2 aliphatic rings. The van der Waals surface area contributed by atoms with Crippen LogP contribution in [-0.2, 0) is 9.47 Å². The van der Waals surface area contributed by atoms with Crippen molar-refractivity contribution in [3.05, 3.63) is 50.9 Å². The molecular weight excluding hydrogens is 711 g/mol. The van der Waals surface area contributed by atoms with Crippen LogP contribution in [0.4, 0.5) is 15.3 Å². The van der Waals surface area contributed by atoms with E-state index in [0.29, 0.717) is 34.6 Å². The highest BCUT2D eigenvalue weighted by atomic mass is 79.9. The van der Waals surface area contributed by atoms with Gasteiger partial charge in [-0.25, -0.2) is 9.59 Å². The molecule has 0 aliphatic carbocycles. The van der Waals surface area contributed by atoms with Crippen LogP contribution in [0.3, 0.4) is 0 Å². The van der Waals surface area contributed by atoms with Gasteiger partial charge in [-0.3, -0.25) is 0 Å². The zero-order valence-electron chi connectivity index (χ0n) is 29.0. The highest BCUT2D eigenvalue weighted by molar-refractivity contribution is 9.10. The molecule has 0 unspecified atom stereocenters. The number of ether oxygens (including phenoxy) is 4. The van der Waals surface area contributed by atoms with Gasteiger partial charge < -0.3 is 39.0 Å². The highest BCUT2D eigenvalue weighted by Gasteiger charge is 2.25. The summed E-state index contributed by atoms with van der Waals surface area (Å²) in [6, 6.07) is 11.2. The first-order valence-corrected chi connectivity index (χ1v) is 17.3. The van der Waals surface area contributed by atoms with Crippen molar-refractivity contribution < 1.29 is 28.5 Å². The molecule has 0 spiro atoms. The summed E-state index contributed by atoms with van der Waals surface area (Å²) in [5.74, 6) is 1.36. The van der Waals surface area contributed by atoms with Crippen molar-refractivity contribution in [1.29, 1.82) is 0 Å². The van der Waals surface area contributed by atoms with E-state index < -0.39 is 11.2 Å². The molecule has 2 fully saturated rings. The number of anilines is 1. The topological polar surface area (TPSA) is 92.8 Å². The van der Waals surface area contributed by atoms with Gasteiger partial charge >= 0.3 is 12.2 Å². The normalized spacial score (nSPS) is 15.5. The summed E-state index contributed by atoms with van der Waals surface area (Å²) >= 11 is 15.1. The molecule has 0 radical (unpaired) electrons. The summed E-state index contributed by atoms with van der Waals surface area (Å²) in [5, 5.41) is 4.47. The van der Waals surface area contributed by atoms with E-state index in [1.165, 1.54) is 0 Å². The molecule has 2 amide bonds. The maximum absolute atomic E-state index is 12.2. The minimum atomic E-state index is -0.466. The monoisotopic (exact) mass is 760 g/mol. The van der Waals surface area contributed by atoms with Gasteiger partial charge in [0.2, 0.25) is 0 Å². The van der Waals surface area contributed by atoms with Gasteiger partial charge in [-0.2, -0.15) is 0 Å². The molecule has 4 rings (SSSR count). The van der Waals surface area contributed by atoms with Crippen LogP contribution in [0.5, 0.6) is 11.5 Å². The Kier molecular flexibility index (Phi) is 16.8. The Balaban J connectivity index is 0.000000271. The molecule has 264 valence electrons. The van der Waals surface area contributed by atoms with Gasteiger partial charge in [-0.05, 0) is 91.3 Å². The van der Waals surface area contributed by atoms with Crippen molar-refractivity contribution in [2.24, 2.45) is 0 Å². The number of benzene rings is 2. The van der Waals surface area contributed by atoms with E-state index in [1.807, 2.05) is 71.9 Å². The van der Waals surface area contributed by atoms with Crippen molar-refractivity contribution in [3.8, 4) is 11.5 Å².